The molecule has 0 atom stereocenters. The van der Waals surface area contributed by atoms with E-state index in [9.17, 15) is 9.59 Å². The zero-order valence-corrected chi connectivity index (χ0v) is 17.0. The standard InChI is InChI=1S/C23H26N2O4/c1-16-5-4-6-18-14-19(23(27)24-22(16)18)15-25(11-12-28-2)21(26)13-17-7-9-20(29-3)10-8-17/h4-10,14H,11-13,15H2,1-3H3,(H,24,27). The number of carbonyl (C=O) groups excluding carboxylic acids is 1. The van der Waals surface area contributed by atoms with E-state index < -0.39 is 0 Å². The second-order valence-electron chi connectivity index (χ2n) is 7.00. The highest BCUT2D eigenvalue weighted by atomic mass is 16.5. The van der Waals surface area contributed by atoms with Crippen molar-refractivity contribution in [3.8, 4) is 5.75 Å². The van der Waals surface area contributed by atoms with Crippen molar-refractivity contribution in [2.75, 3.05) is 27.4 Å². The molecule has 1 N–H and O–H groups in total. The van der Waals surface area contributed by atoms with E-state index in [2.05, 4.69) is 4.98 Å². The minimum atomic E-state index is -0.175. The van der Waals surface area contributed by atoms with Crippen molar-refractivity contribution in [2.45, 2.75) is 19.9 Å². The lowest BCUT2D eigenvalue weighted by Gasteiger charge is -2.22. The molecule has 1 heterocycles. The first-order valence-corrected chi connectivity index (χ1v) is 9.53. The Balaban J connectivity index is 1.82. The number of rotatable bonds is 8. The molecule has 1 aromatic heterocycles. The van der Waals surface area contributed by atoms with Crippen LogP contribution in [0.15, 0.2) is 53.3 Å². The van der Waals surface area contributed by atoms with Crippen LogP contribution >= 0.6 is 0 Å². The van der Waals surface area contributed by atoms with Crippen molar-refractivity contribution in [3.63, 3.8) is 0 Å². The van der Waals surface area contributed by atoms with Gasteiger partial charge in [-0.05, 0) is 41.6 Å². The molecule has 0 aliphatic heterocycles. The number of fused-ring (bicyclic) bond motifs is 1. The van der Waals surface area contributed by atoms with Crippen molar-refractivity contribution in [1.29, 1.82) is 0 Å². The van der Waals surface area contributed by atoms with Crippen LogP contribution < -0.4 is 10.3 Å². The van der Waals surface area contributed by atoms with Gasteiger partial charge in [0.2, 0.25) is 5.91 Å². The average molecular weight is 394 g/mol. The molecule has 0 saturated heterocycles. The van der Waals surface area contributed by atoms with Crippen LogP contribution in [0.4, 0.5) is 0 Å². The number of para-hydroxylation sites is 1. The lowest BCUT2D eigenvalue weighted by molar-refractivity contribution is -0.131. The van der Waals surface area contributed by atoms with Crippen molar-refractivity contribution in [3.05, 3.63) is 75.6 Å². The summed E-state index contributed by atoms with van der Waals surface area (Å²) in [5, 5.41) is 0.953. The Morgan fingerprint density at radius 1 is 1.10 bits per heavy atom. The molecule has 152 valence electrons. The zero-order valence-electron chi connectivity index (χ0n) is 17.0. The highest BCUT2D eigenvalue weighted by Gasteiger charge is 2.17. The number of carbonyl (C=O) groups is 1. The summed E-state index contributed by atoms with van der Waals surface area (Å²) in [6.45, 7) is 3.01. The van der Waals surface area contributed by atoms with E-state index in [1.54, 1.807) is 19.1 Å². The van der Waals surface area contributed by atoms with Crippen LogP contribution in [0.3, 0.4) is 0 Å². The van der Waals surface area contributed by atoms with Gasteiger partial charge in [0.1, 0.15) is 5.75 Å². The molecule has 0 fully saturated rings. The van der Waals surface area contributed by atoms with Gasteiger partial charge in [-0.3, -0.25) is 9.59 Å². The summed E-state index contributed by atoms with van der Waals surface area (Å²) < 4.78 is 10.3. The van der Waals surface area contributed by atoms with E-state index in [1.807, 2.05) is 55.5 Å². The Bertz CT molecular complexity index is 1040. The van der Waals surface area contributed by atoms with Gasteiger partial charge in [-0.15, -0.1) is 0 Å². The summed E-state index contributed by atoms with van der Waals surface area (Å²) in [5.74, 6) is 0.686. The van der Waals surface area contributed by atoms with Crippen molar-refractivity contribution in [1.82, 2.24) is 9.88 Å². The van der Waals surface area contributed by atoms with Crippen molar-refractivity contribution >= 4 is 16.8 Å². The molecule has 1 amide bonds. The third-order valence-corrected chi connectivity index (χ3v) is 4.96. The predicted octanol–water partition coefficient (Wildman–Crippen LogP) is 3.06. The van der Waals surface area contributed by atoms with E-state index >= 15 is 0 Å². The van der Waals surface area contributed by atoms with E-state index in [4.69, 9.17) is 9.47 Å². The second-order valence-corrected chi connectivity index (χ2v) is 7.00. The number of aromatic nitrogens is 1. The number of pyridine rings is 1. The Morgan fingerprint density at radius 3 is 2.55 bits per heavy atom. The topological polar surface area (TPSA) is 71.6 Å². The molecule has 0 saturated carbocycles. The monoisotopic (exact) mass is 394 g/mol. The first-order chi connectivity index (χ1) is 14.0. The van der Waals surface area contributed by atoms with Crippen LogP contribution in [0, 0.1) is 6.92 Å². The molecule has 3 rings (SSSR count). The normalized spacial score (nSPS) is 10.9. The van der Waals surface area contributed by atoms with Gasteiger partial charge in [0.05, 0.1) is 32.2 Å². The van der Waals surface area contributed by atoms with Gasteiger partial charge < -0.3 is 19.4 Å². The molecule has 6 nitrogen and oxygen atoms in total. The number of aryl methyl sites for hydroxylation is 1. The summed E-state index contributed by atoms with van der Waals surface area (Å²) in [5.41, 5.74) is 3.11. The average Bonchev–Trinajstić information content (AvgIpc) is 2.72. The lowest BCUT2D eigenvalue weighted by Crippen LogP contribution is -2.36. The Morgan fingerprint density at radius 2 is 1.86 bits per heavy atom. The molecule has 0 bridgehead atoms. The molecule has 29 heavy (non-hydrogen) atoms. The number of nitrogens with zero attached hydrogens (tertiary/aromatic N) is 1. The van der Waals surface area contributed by atoms with Gasteiger partial charge in [-0.25, -0.2) is 0 Å². The van der Waals surface area contributed by atoms with E-state index in [-0.39, 0.29) is 24.4 Å². The maximum atomic E-state index is 12.9. The smallest absolute Gasteiger partial charge is 0.253 e. The van der Waals surface area contributed by atoms with Gasteiger partial charge in [-0.2, -0.15) is 0 Å². The first-order valence-electron chi connectivity index (χ1n) is 9.53. The SMILES string of the molecule is COCCN(Cc1cc2cccc(C)c2[nH]c1=O)C(=O)Cc1ccc(OC)cc1. The summed E-state index contributed by atoms with van der Waals surface area (Å²) in [6, 6.07) is 15.1. The maximum absolute atomic E-state index is 12.9. The van der Waals surface area contributed by atoms with Gasteiger partial charge >= 0.3 is 0 Å². The molecule has 0 unspecified atom stereocenters. The predicted molar refractivity (Wildman–Crippen MR) is 113 cm³/mol. The minimum Gasteiger partial charge on any atom is -0.497 e. The fourth-order valence-electron chi connectivity index (χ4n) is 3.27. The Labute approximate surface area is 170 Å². The number of H-pyrrole nitrogens is 1. The van der Waals surface area contributed by atoms with E-state index in [1.165, 1.54) is 0 Å². The summed E-state index contributed by atoms with van der Waals surface area (Å²) >= 11 is 0. The van der Waals surface area contributed by atoms with Gasteiger partial charge in [0.25, 0.3) is 5.56 Å². The third kappa shape index (κ3) is 5.03. The zero-order chi connectivity index (χ0) is 20.8. The third-order valence-electron chi connectivity index (χ3n) is 4.96. The highest BCUT2D eigenvalue weighted by molar-refractivity contribution is 5.82. The fourth-order valence-corrected chi connectivity index (χ4v) is 3.27. The minimum absolute atomic E-state index is 0.0593. The summed E-state index contributed by atoms with van der Waals surface area (Å²) in [4.78, 5) is 30.2. The largest absolute Gasteiger partial charge is 0.497 e. The molecule has 6 heteroatoms. The fraction of sp³-hybridized carbons (Fsp3) is 0.304. The summed E-state index contributed by atoms with van der Waals surface area (Å²) in [6.07, 6.45) is 0.248. The molecule has 0 spiro atoms. The summed E-state index contributed by atoms with van der Waals surface area (Å²) in [7, 11) is 3.20. The number of aromatic amines is 1. The van der Waals surface area contributed by atoms with Gasteiger partial charge in [0.15, 0.2) is 0 Å². The van der Waals surface area contributed by atoms with Gasteiger partial charge in [-0.1, -0.05) is 30.3 Å². The van der Waals surface area contributed by atoms with Crippen molar-refractivity contribution in [2.24, 2.45) is 0 Å². The van der Waals surface area contributed by atoms with Crippen LogP contribution in [0.5, 0.6) is 5.75 Å². The second kappa shape index (κ2) is 9.39. The van der Waals surface area contributed by atoms with Crippen LogP contribution in [0.1, 0.15) is 16.7 Å². The number of hydrogen-bond donors (Lipinski definition) is 1. The van der Waals surface area contributed by atoms with Crippen LogP contribution in [-0.4, -0.2) is 43.2 Å². The number of ether oxygens (including phenoxy) is 2. The van der Waals surface area contributed by atoms with E-state index in [0.29, 0.717) is 18.7 Å². The Hall–Kier alpha value is -3.12. The van der Waals surface area contributed by atoms with Crippen LogP contribution in [-0.2, 0) is 22.5 Å². The van der Waals surface area contributed by atoms with Crippen molar-refractivity contribution < 1.29 is 14.3 Å². The number of amides is 1. The lowest BCUT2D eigenvalue weighted by atomic mass is 10.1. The molecule has 3 aromatic rings. The quantitative estimate of drug-likeness (QED) is 0.637. The number of methoxy groups -OCH3 is 2. The number of hydrogen-bond acceptors (Lipinski definition) is 4. The van der Waals surface area contributed by atoms with Crippen LogP contribution in [0.25, 0.3) is 10.9 Å². The number of benzene rings is 2. The maximum Gasteiger partial charge on any atom is 0.253 e. The molecular weight excluding hydrogens is 368 g/mol. The Kier molecular flexibility index (Phi) is 6.67. The first kappa shape index (κ1) is 20.6. The molecule has 0 radical (unpaired) electrons. The molecule has 0 aliphatic rings. The highest BCUT2D eigenvalue weighted by Crippen LogP contribution is 2.17. The molecule has 2 aromatic carbocycles. The van der Waals surface area contributed by atoms with Crippen LogP contribution in [0.2, 0.25) is 0 Å². The molecular formula is C23H26N2O4. The van der Waals surface area contributed by atoms with E-state index in [0.717, 1.165) is 27.8 Å². The number of nitrogens with one attached hydrogen (secondary N) is 1. The van der Waals surface area contributed by atoms with Gasteiger partial charge in [0, 0.05) is 19.2 Å². The molecule has 0 aliphatic carbocycles.